The second kappa shape index (κ2) is 11.7. The van der Waals surface area contributed by atoms with E-state index < -0.39 is 17.4 Å². The molecule has 2 heterocycles. The maximum absolute atomic E-state index is 13.5. The summed E-state index contributed by atoms with van der Waals surface area (Å²) in [4.78, 5) is 27.9. The summed E-state index contributed by atoms with van der Waals surface area (Å²) in [5.41, 5.74) is 5.07. The number of carbonyl (C=O) groups excluding carboxylic acids is 2. The Bertz CT molecular complexity index is 1250. The number of benzene rings is 2. The monoisotopic (exact) mass is 523 g/mol. The summed E-state index contributed by atoms with van der Waals surface area (Å²) in [7, 11) is 0. The van der Waals surface area contributed by atoms with Crippen molar-refractivity contribution < 1.29 is 23.8 Å². The van der Waals surface area contributed by atoms with Crippen LogP contribution in [-0.2, 0) is 30.9 Å². The highest BCUT2D eigenvalue weighted by Gasteiger charge is 2.51. The predicted molar refractivity (Wildman–Crippen MR) is 144 cm³/mol. The van der Waals surface area contributed by atoms with E-state index in [2.05, 4.69) is 5.32 Å². The molecular formula is C28H33N3O5S. The van der Waals surface area contributed by atoms with Crippen molar-refractivity contribution in [2.45, 2.75) is 44.6 Å². The molecule has 2 aromatic carbocycles. The first-order valence-electron chi connectivity index (χ1n) is 12.6. The molecule has 1 aromatic heterocycles. The summed E-state index contributed by atoms with van der Waals surface area (Å²) >= 11 is 1.48. The number of nitrogens with two attached hydrogens (primary N) is 1. The van der Waals surface area contributed by atoms with E-state index in [0.717, 1.165) is 34.3 Å². The molecule has 8 nitrogen and oxygen atoms in total. The van der Waals surface area contributed by atoms with E-state index in [1.54, 1.807) is 44.2 Å². The molecule has 4 N–H and O–H groups in total. The van der Waals surface area contributed by atoms with Crippen LogP contribution in [0.4, 0.5) is 0 Å². The molecule has 37 heavy (non-hydrogen) atoms. The second-order valence-corrected chi connectivity index (χ2v) is 10.2. The number of fused-ring (bicyclic) bond motifs is 1. The third-order valence-corrected chi connectivity index (χ3v) is 7.64. The molecule has 0 saturated carbocycles. The van der Waals surface area contributed by atoms with Gasteiger partial charge in [-0.3, -0.25) is 15.0 Å². The van der Waals surface area contributed by atoms with Crippen LogP contribution in [0.2, 0.25) is 0 Å². The number of thiophene rings is 1. The number of esters is 2. The van der Waals surface area contributed by atoms with Gasteiger partial charge in [0.25, 0.3) is 0 Å². The molecule has 1 aliphatic rings. The average molecular weight is 524 g/mol. The largest absolute Gasteiger partial charge is 0.492 e. The van der Waals surface area contributed by atoms with Crippen LogP contribution >= 0.6 is 11.3 Å². The summed E-state index contributed by atoms with van der Waals surface area (Å²) in [5, 5.41) is 12.0. The van der Waals surface area contributed by atoms with Gasteiger partial charge in [-0.2, -0.15) is 0 Å². The maximum Gasteiger partial charge on any atom is 0.328 e. The van der Waals surface area contributed by atoms with Gasteiger partial charge in [0.1, 0.15) is 18.2 Å². The zero-order valence-corrected chi connectivity index (χ0v) is 22.0. The quantitative estimate of drug-likeness (QED) is 0.151. The van der Waals surface area contributed by atoms with Crippen LogP contribution in [0.1, 0.15) is 42.7 Å². The van der Waals surface area contributed by atoms with Gasteiger partial charge in [0, 0.05) is 27.6 Å². The summed E-state index contributed by atoms with van der Waals surface area (Å²) in [6.45, 7) is 5.25. The molecule has 0 aliphatic carbocycles. The lowest BCUT2D eigenvalue weighted by atomic mass is 9.76. The smallest absolute Gasteiger partial charge is 0.328 e. The molecule has 1 fully saturated rings. The molecule has 9 heteroatoms. The van der Waals surface area contributed by atoms with Crippen molar-refractivity contribution in [2.24, 2.45) is 5.73 Å². The fourth-order valence-corrected chi connectivity index (χ4v) is 5.75. The van der Waals surface area contributed by atoms with Crippen LogP contribution in [0.5, 0.6) is 5.75 Å². The van der Waals surface area contributed by atoms with Crippen LogP contribution in [0, 0.1) is 5.41 Å². The van der Waals surface area contributed by atoms with Crippen LogP contribution in [0.3, 0.4) is 0 Å². The Morgan fingerprint density at radius 2 is 1.78 bits per heavy atom. The first-order valence-corrected chi connectivity index (χ1v) is 13.4. The summed E-state index contributed by atoms with van der Waals surface area (Å²) < 4.78 is 17.8. The zero-order chi connectivity index (χ0) is 26.4. The maximum atomic E-state index is 13.5. The first-order chi connectivity index (χ1) is 17.9. The molecule has 0 radical (unpaired) electrons. The lowest BCUT2D eigenvalue weighted by Crippen LogP contribution is -2.48. The Labute approximate surface area is 220 Å². The minimum Gasteiger partial charge on any atom is -0.492 e. The van der Waals surface area contributed by atoms with E-state index in [1.807, 2.05) is 18.2 Å². The summed E-state index contributed by atoms with van der Waals surface area (Å²) in [5.74, 6) is -0.663. The van der Waals surface area contributed by atoms with Gasteiger partial charge < -0.3 is 25.3 Å². The highest BCUT2D eigenvalue weighted by molar-refractivity contribution is 7.19. The van der Waals surface area contributed by atoms with E-state index in [-0.39, 0.29) is 25.5 Å². The van der Waals surface area contributed by atoms with Crippen molar-refractivity contribution in [3.05, 3.63) is 64.5 Å². The molecule has 0 unspecified atom stereocenters. The molecule has 196 valence electrons. The van der Waals surface area contributed by atoms with E-state index in [1.165, 1.54) is 11.3 Å². The lowest BCUT2D eigenvalue weighted by Gasteiger charge is -2.29. The topological polar surface area (TPSA) is 124 Å². The lowest BCUT2D eigenvalue weighted by molar-refractivity contribution is -0.164. The van der Waals surface area contributed by atoms with Gasteiger partial charge in [-0.05, 0) is 80.6 Å². The molecule has 3 aromatic rings. The normalized spacial score (nSPS) is 15.5. The zero-order valence-electron chi connectivity index (χ0n) is 21.2. The molecule has 4 rings (SSSR count). The van der Waals surface area contributed by atoms with Crippen molar-refractivity contribution in [1.29, 1.82) is 5.41 Å². The fraction of sp³-hybridized carbons (Fsp3) is 0.393. The Hall–Kier alpha value is -3.43. The summed E-state index contributed by atoms with van der Waals surface area (Å²) in [6.07, 6.45) is 2.30. The van der Waals surface area contributed by atoms with Gasteiger partial charge in [-0.15, -0.1) is 11.3 Å². The van der Waals surface area contributed by atoms with Crippen molar-refractivity contribution in [2.75, 3.05) is 26.4 Å². The standard InChI is InChI=1S/C28H33N3O5S/c1-3-34-26(32)28(27(33)35-4-2,16-23-15-19-14-18(25(29)30)7-12-24(19)37-23)20-8-10-22(11-9-20)36-17-21-6-5-13-31-21/h7-12,14-15,21,31H,3-6,13,16-17H2,1-2H3,(H3,29,30)/t21-/m1/s1. The van der Waals surface area contributed by atoms with E-state index in [9.17, 15) is 9.59 Å². The number of amidine groups is 1. The number of carbonyl (C=O) groups is 2. The van der Waals surface area contributed by atoms with E-state index in [0.29, 0.717) is 29.5 Å². The number of rotatable bonds is 11. The minimum absolute atomic E-state index is 0.0203. The van der Waals surface area contributed by atoms with Gasteiger partial charge >= 0.3 is 11.9 Å². The third kappa shape index (κ3) is 5.78. The third-order valence-electron chi connectivity index (χ3n) is 6.53. The van der Waals surface area contributed by atoms with Gasteiger partial charge in [0.05, 0.1) is 13.2 Å². The minimum atomic E-state index is -1.68. The van der Waals surface area contributed by atoms with Gasteiger partial charge in [0.2, 0.25) is 0 Å². The predicted octanol–water partition coefficient (Wildman–Crippen LogP) is 3.92. The molecule has 0 spiro atoms. The molecule has 1 aliphatic heterocycles. The number of ether oxygens (including phenoxy) is 3. The molecular weight excluding hydrogens is 490 g/mol. The molecule has 0 amide bonds. The fourth-order valence-electron chi connectivity index (χ4n) is 4.62. The summed E-state index contributed by atoms with van der Waals surface area (Å²) in [6, 6.07) is 14.8. The van der Waals surface area contributed by atoms with Crippen LogP contribution in [0.15, 0.2) is 48.5 Å². The van der Waals surface area contributed by atoms with Gasteiger partial charge in [-0.25, -0.2) is 0 Å². The van der Waals surface area contributed by atoms with Crippen molar-refractivity contribution in [3.8, 4) is 5.75 Å². The van der Waals surface area contributed by atoms with Crippen molar-refractivity contribution in [1.82, 2.24) is 5.32 Å². The second-order valence-electron chi connectivity index (χ2n) is 9.03. The molecule has 0 bridgehead atoms. The van der Waals surface area contributed by atoms with E-state index in [4.69, 9.17) is 25.4 Å². The van der Waals surface area contributed by atoms with Gasteiger partial charge in [-0.1, -0.05) is 12.1 Å². The average Bonchev–Trinajstić information content (AvgIpc) is 3.55. The highest BCUT2D eigenvalue weighted by Crippen LogP contribution is 2.37. The Kier molecular flexibility index (Phi) is 8.45. The van der Waals surface area contributed by atoms with Crippen LogP contribution < -0.4 is 15.8 Å². The highest BCUT2D eigenvalue weighted by atomic mass is 32.1. The number of nitrogen functional groups attached to an aromatic ring is 1. The Morgan fingerprint density at radius 1 is 1.08 bits per heavy atom. The number of hydrogen-bond acceptors (Lipinski definition) is 8. The van der Waals surface area contributed by atoms with Crippen LogP contribution in [0.25, 0.3) is 10.1 Å². The number of hydrogen-bond donors (Lipinski definition) is 3. The van der Waals surface area contributed by atoms with Gasteiger partial charge in [0.15, 0.2) is 5.41 Å². The first kappa shape index (κ1) is 26.6. The van der Waals surface area contributed by atoms with E-state index >= 15 is 0 Å². The van der Waals surface area contributed by atoms with Crippen LogP contribution in [-0.4, -0.2) is 50.2 Å². The SMILES string of the molecule is CCOC(=O)C(Cc1cc2cc(C(=N)N)ccc2s1)(C(=O)OCC)c1ccc(OC[C@H]2CCCN2)cc1. The Morgan fingerprint density at radius 3 is 2.38 bits per heavy atom. The van der Waals surface area contributed by atoms with Crippen molar-refractivity contribution in [3.63, 3.8) is 0 Å². The molecule has 1 saturated heterocycles. The molecule has 1 atom stereocenters. The Balaban J connectivity index is 1.70. The number of nitrogens with one attached hydrogen (secondary N) is 2. The van der Waals surface area contributed by atoms with Crippen molar-refractivity contribution >= 4 is 39.2 Å².